The molecule has 0 aliphatic carbocycles. The van der Waals surface area contributed by atoms with Gasteiger partial charge in [0.25, 0.3) is 0 Å². The minimum atomic E-state index is -1.26. The van der Waals surface area contributed by atoms with Gasteiger partial charge in [0, 0.05) is 5.69 Å². The highest BCUT2D eigenvalue weighted by Crippen LogP contribution is 2.40. The van der Waals surface area contributed by atoms with Gasteiger partial charge in [0.05, 0.1) is 12.2 Å². The number of para-hydroxylation sites is 1. The standard InChI is InChI=1S/C21H29N3O4/c1-21(19(25)26,24-23-20(27)22-16-9-5-2-6-10-16)13-7-3-4-8-15-14-17-11-12-18(15)28-17/h2-6,9-10,15,17-18,24H,7-8,11-14H2,1H3,(H,25,26)(H2,22,23,27). The Balaban J connectivity index is 1.40. The maximum absolute atomic E-state index is 12.0. The van der Waals surface area contributed by atoms with Crippen LogP contribution in [0.1, 0.15) is 45.4 Å². The molecule has 0 radical (unpaired) electrons. The van der Waals surface area contributed by atoms with Crippen molar-refractivity contribution in [3.05, 3.63) is 42.5 Å². The molecular weight excluding hydrogens is 358 g/mol. The highest BCUT2D eigenvalue weighted by atomic mass is 16.5. The molecule has 0 saturated carbocycles. The van der Waals surface area contributed by atoms with Crippen LogP contribution in [0, 0.1) is 5.92 Å². The van der Waals surface area contributed by atoms with E-state index in [4.69, 9.17) is 4.74 Å². The van der Waals surface area contributed by atoms with E-state index in [9.17, 15) is 14.7 Å². The van der Waals surface area contributed by atoms with E-state index in [0.717, 1.165) is 12.8 Å². The number of aliphatic carboxylic acids is 1. The second-order valence-corrected chi connectivity index (χ2v) is 7.82. The van der Waals surface area contributed by atoms with E-state index in [2.05, 4.69) is 22.2 Å². The highest BCUT2D eigenvalue weighted by molar-refractivity contribution is 5.89. The minimum Gasteiger partial charge on any atom is -0.480 e. The van der Waals surface area contributed by atoms with Crippen LogP contribution < -0.4 is 16.2 Å². The molecule has 2 saturated heterocycles. The molecule has 1 aromatic rings. The fourth-order valence-electron chi connectivity index (χ4n) is 3.85. The van der Waals surface area contributed by atoms with E-state index in [1.165, 1.54) is 12.8 Å². The minimum absolute atomic E-state index is 0.359. The zero-order valence-electron chi connectivity index (χ0n) is 16.2. The third-order valence-corrected chi connectivity index (χ3v) is 5.60. The first kappa shape index (κ1) is 20.4. The number of ether oxygens (including phenoxy) is 1. The number of carbonyl (C=O) groups excluding carboxylic acids is 1. The van der Waals surface area contributed by atoms with E-state index >= 15 is 0 Å². The van der Waals surface area contributed by atoms with Crippen LogP contribution in [0.3, 0.4) is 0 Å². The molecule has 3 rings (SSSR count). The van der Waals surface area contributed by atoms with Crippen LogP contribution in [0.4, 0.5) is 10.5 Å². The van der Waals surface area contributed by atoms with Crippen LogP contribution in [-0.4, -0.2) is 34.9 Å². The first-order chi connectivity index (χ1) is 13.5. The molecule has 2 aliphatic heterocycles. The summed E-state index contributed by atoms with van der Waals surface area (Å²) >= 11 is 0. The number of anilines is 1. The monoisotopic (exact) mass is 387 g/mol. The molecule has 2 fully saturated rings. The van der Waals surface area contributed by atoms with E-state index in [0.29, 0.717) is 36.7 Å². The van der Waals surface area contributed by atoms with Gasteiger partial charge in [-0.3, -0.25) is 10.2 Å². The van der Waals surface area contributed by atoms with Crippen molar-refractivity contribution in [3.8, 4) is 0 Å². The van der Waals surface area contributed by atoms with Gasteiger partial charge >= 0.3 is 12.0 Å². The van der Waals surface area contributed by atoms with E-state index in [1.54, 1.807) is 31.2 Å². The summed E-state index contributed by atoms with van der Waals surface area (Å²) in [6.45, 7) is 1.57. The lowest BCUT2D eigenvalue weighted by Gasteiger charge is -2.26. The molecular formula is C21H29N3O4. The molecule has 1 aromatic carbocycles. The number of hydrogen-bond donors (Lipinski definition) is 4. The Labute approximate surface area is 165 Å². The zero-order valence-corrected chi connectivity index (χ0v) is 16.2. The molecule has 7 nitrogen and oxygen atoms in total. The van der Waals surface area contributed by atoms with Crippen LogP contribution in [0.2, 0.25) is 0 Å². The van der Waals surface area contributed by atoms with Crippen molar-refractivity contribution < 1.29 is 19.4 Å². The predicted octanol–water partition coefficient (Wildman–Crippen LogP) is 3.45. The average molecular weight is 387 g/mol. The van der Waals surface area contributed by atoms with Gasteiger partial charge in [0.15, 0.2) is 0 Å². The number of benzene rings is 1. The van der Waals surface area contributed by atoms with Crippen molar-refractivity contribution in [2.45, 2.75) is 63.2 Å². The molecule has 2 amide bonds. The Morgan fingerprint density at radius 3 is 2.68 bits per heavy atom. The van der Waals surface area contributed by atoms with E-state index in [1.807, 2.05) is 12.1 Å². The molecule has 152 valence electrons. The van der Waals surface area contributed by atoms with E-state index in [-0.39, 0.29) is 0 Å². The maximum Gasteiger partial charge on any atom is 0.333 e. The number of carboxylic acids is 1. The second-order valence-electron chi connectivity index (χ2n) is 7.82. The summed E-state index contributed by atoms with van der Waals surface area (Å²) < 4.78 is 5.86. The molecule has 0 aromatic heterocycles. The summed E-state index contributed by atoms with van der Waals surface area (Å²) in [5.74, 6) is -0.412. The normalized spacial score (nSPS) is 25.5. The van der Waals surface area contributed by atoms with Gasteiger partial charge in [-0.05, 0) is 63.5 Å². The fraction of sp³-hybridized carbons (Fsp3) is 0.524. The lowest BCUT2D eigenvalue weighted by atomic mass is 9.87. The number of rotatable bonds is 9. The first-order valence-electron chi connectivity index (χ1n) is 9.89. The number of allylic oxidation sites excluding steroid dienone is 2. The maximum atomic E-state index is 12.0. The Kier molecular flexibility index (Phi) is 6.70. The smallest absolute Gasteiger partial charge is 0.333 e. The third-order valence-electron chi connectivity index (χ3n) is 5.60. The predicted molar refractivity (Wildman–Crippen MR) is 107 cm³/mol. The quantitative estimate of drug-likeness (QED) is 0.384. The lowest BCUT2D eigenvalue weighted by Crippen LogP contribution is -2.57. The summed E-state index contributed by atoms with van der Waals surface area (Å²) in [5.41, 5.74) is 4.46. The molecule has 4 N–H and O–H groups in total. The lowest BCUT2D eigenvalue weighted by molar-refractivity contribution is -0.144. The number of fused-ring (bicyclic) bond motifs is 2. The molecule has 28 heavy (non-hydrogen) atoms. The summed E-state index contributed by atoms with van der Waals surface area (Å²) in [4.78, 5) is 23.6. The van der Waals surface area contributed by atoms with Crippen LogP contribution >= 0.6 is 0 Å². The van der Waals surface area contributed by atoms with Crippen molar-refractivity contribution in [1.29, 1.82) is 0 Å². The summed E-state index contributed by atoms with van der Waals surface area (Å²) in [6.07, 6.45) is 10.5. The summed E-state index contributed by atoms with van der Waals surface area (Å²) in [6, 6.07) is 8.45. The van der Waals surface area contributed by atoms with Gasteiger partial charge in [0.2, 0.25) is 0 Å². The number of hydrogen-bond acceptors (Lipinski definition) is 4. The second kappa shape index (κ2) is 9.21. The molecule has 4 unspecified atom stereocenters. The molecule has 7 heteroatoms. The van der Waals surface area contributed by atoms with Gasteiger partial charge in [0.1, 0.15) is 5.54 Å². The topological polar surface area (TPSA) is 99.7 Å². The van der Waals surface area contributed by atoms with Gasteiger partial charge in [-0.25, -0.2) is 10.2 Å². The zero-order chi connectivity index (χ0) is 20.0. The van der Waals surface area contributed by atoms with Crippen molar-refractivity contribution in [1.82, 2.24) is 10.9 Å². The molecule has 0 spiro atoms. The third kappa shape index (κ3) is 5.33. The van der Waals surface area contributed by atoms with Crippen molar-refractivity contribution >= 4 is 17.7 Å². The van der Waals surface area contributed by atoms with Crippen LogP contribution in [0.5, 0.6) is 0 Å². The number of amides is 2. The fourth-order valence-corrected chi connectivity index (χ4v) is 3.85. The Morgan fingerprint density at radius 1 is 1.25 bits per heavy atom. The van der Waals surface area contributed by atoms with Gasteiger partial charge in [-0.15, -0.1) is 0 Å². The largest absolute Gasteiger partial charge is 0.480 e. The van der Waals surface area contributed by atoms with Crippen molar-refractivity contribution in [2.24, 2.45) is 5.92 Å². The Bertz CT molecular complexity index is 709. The molecule has 2 bridgehead atoms. The van der Waals surface area contributed by atoms with Gasteiger partial charge < -0.3 is 15.2 Å². The summed E-state index contributed by atoms with van der Waals surface area (Å²) in [7, 11) is 0. The number of carbonyl (C=O) groups is 2. The first-order valence-corrected chi connectivity index (χ1v) is 9.89. The average Bonchev–Trinajstić information content (AvgIpc) is 3.30. The van der Waals surface area contributed by atoms with Crippen molar-refractivity contribution in [3.63, 3.8) is 0 Å². The SMILES string of the molecule is CC(CCC=CCC1CC2CCC1O2)(NNC(=O)Nc1ccccc1)C(=O)O. The van der Waals surface area contributed by atoms with Crippen molar-refractivity contribution in [2.75, 3.05) is 5.32 Å². The van der Waals surface area contributed by atoms with Crippen LogP contribution in [-0.2, 0) is 9.53 Å². The van der Waals surface area contributed by atoms with Gasteiger partial charge in [-0.2, -0.15) is 0 Å². The van der Waals surface area contributed by atoms with E-state index < -0.39 is 17.5 Å². The highest BCUT2D eigenvalue weighted by Gasteiger charge is 2.39. The van der Waals surface area contributed by atoms with Gasteiger partial charge in [-0.1, -0.05) is 30.4 Å². The number of hydrazine groups is 1. The van der Waals surface area contributed by atoms with Crippen LogP contribution in [0.15, 0.2) is 42.5 Å². The number of carboxylic acid groups (broad SMARTS) is 1. The molecule has 4 atom stereocenters. The number of urea groups is 1. The van der Waals surface area contributed by atoms with Crippen LogP contribution in [0.25, 0.3) is 0 Å². The Morgan fingerprint density at radius 2 is 2.04 bits per heavy atom. The molecule has 2 heterocycles. The molecule has 2 aliphatic rings. The number of nitrogens with one attached hydrogen (secondary N) is 3. The summed E-state index contributed by atoms with van der Waals surface area (Å²) in [5, 5.41) is 12.2. The Hall–Kier alpha value is -2.38.